The van der Waals surface area contributed by atoms with E-state index in [1.54, 1.807) is 4.90 Å². The monoisotopic (exact) mass is 471 g/mol. The van der Waals surface area contributed by atoms with Crippen molar-refractivity contribution in [3.8, 4) is 6.07 Å². The van der Waals surface area contributed by atoms with Gasteiger partial charge in [-0.15, -0.1) is 0 Å². The molecule has 0 radical (unpaired) electrons. The number of hydrogen-bond donors (Lipinski definition) is 0. The summed E-state index contributed by atoms with van der Waals surface area (Å²) < 4.78 is 0. The van der Waals surface area contributed by atoms with Gasteiger partial charge in [-0.3, -0.25) is 9.59 Å². The van der Waals surface area contributed by atoms with Crippen LogP contribution < -0.4 is 14.7 Å². The number of aromatic nitrogens is 3. The molecule has 0 spiro atoms. The quantitative estimate of drug-likeness (QED) is 0.523. The molecule has 1 unspecified atom stereocenters. The highest BCUT2D eigenvalue weighted by Crippen LogP contribution is 2.23. The molecule has 2 amide bonds. The summed E-state index contributed by atoms with van der Waals surface area (Å²) in [4.78, 5) is 49.4. The fourth-order valence-corrected chi connectivity index (χ4v) is 4.61. The predicted octanol–water partition coefficient (Wildman–Crippen LogP) is 1.12. The molecule has 0 aliphatic carbocycles. The number of carbonyl (C=O) groups excluding carboxylic acids is 2. The molecule has 2 aliphatic heterocycles. The zero-order valence-corrected chi connectivity index (χ0v) is 20.9. The van der Waals surface area contributed by atoms with E-state index in [0.29, 0.717) is 57.0 Å². The fraction of sp³-hybridized carbons (Fsp3) is 0.739. The molecular formula is C23H37N9O2. The van der Waals surface area contributed by atoms with E-state index in [4.69, 9.17) is 20.2 Å². The van der Waals surface area contributed by atoms with Crippen molar-refractivity contribution in [1.29, 1.82) is 5.26 Å². The molecule has 1 atom stereocenters. The number of hydrogen-bond acceptors (Lipinski definition) is 9. The van der Waals surface area contributed by atoms with Gasteiger partial charge in [0.2, 0.25) is 29.7 Å². The maximum atomic E-state index is 13.2. The van der Waals surface area contributed by atoms with Crippen molar-refractivity contribution in [1.82, 2.24) is 24.8 Å². The van der Waals surface area contributed by atoms with Crippen LogP contribution in [-0.2, 0) is 9.59 Å². The highest BCUT2D eigenvalue weighted by atomic mass is 16.2. The van der Waals surface area contributed by atoms with E-state index in [0.717, 1.165) is 32.6 Å². The third-order valence-electron chi connectivity index (χ3n) is 6.66. The van der Waals surface area contributed by atoms with Crippen molar-refractivity contribution in [3.05, 3.63) is 0 Å². The number of nitrogens with zero attached hydrogens (tertiary/aromatic N) is 9. The molecule has 1 aromatic heterocycles. The summed E-state index contributed by atoms with van der Waals surface area (Å²) in [6.07, 6.45) is 1.27. The summed E-state index contributed by atoms with van der Waals surface area (Å²) in [7, 11) is 0. The SMILES string of the molecule is CCN(CC)c1nc(N(CC)CC)nc(N2CCN(C(=O)C3CCCN3C(=O)CC#N)CC2)n1. The van der Waals surface area contributed by atoms with Gasteiger partial charge >= 0.3 is 0 Å². The standard InChI is InChI=1S/C23H37N9O2/c1-5-28(6-2)21-25-22(29(7-3)8-4)27-23(26-21)31-16-14-30(15-17-31)20(34)18-10-9-13-32(18)19(33)11-12-24/h18H,5-11,13-17H2,1-4H3. The van der Waals surface area contributed by atoms with Crippen LogP contribution in [0.5, 0.6) is 0 Å². The first-order chi connectivity index (χ1) is 16.5. The number of amides is 2. The highest BCUT2D eigenvalue weighted by Gasteiger charge is 2.37. The summed E-state index contributed by atoms with van der Waals surface area (Å²) >= 11 is 0. The molecule has 0 aromatic carbocycles. The summed E-state index contributed by atoms with van der Waals surface area (Å²) in [6.45, 7) is 14.4. The highest BCUT2D eigenvalue weighted by molar-refractivity contribution is 5.89. The molecule has 2 aliphatic rings. The molecule has 11 heteroatoms. The fourth-order valence-electron chi connectivity index (χ4n) is 4.61. The van der Waals surface area contributed by atoms with Crippen LogP contribution in [0, 0.1) is 11.3 Å². The Morgan fingerprint density at radius 3 is 1.97 bits per heavy atom. The van der Waals surface area contributed by atoms with Crippen molar-refractivity contribution in [2.75, 3.05) is 73.6 Å². The van der Waals surface area contributed by atoms with E-state index >= 15 is 0 Å². The molecule has 186 valence electrons. The lowest BCUT2D eigenvalue weighted by Gasteiger charge is -2.37. The Kier molecular flexibility index (Phi) is 8.85. The molecule has 2 saturated heterocycles. The second-order valence-corrected chi connectivity index (χ2v) is 8.47. The lowest BCUT2D eigenvalue weighted by atomic mass is 10.1. The zero-order chi connectivity index (χ0) is 24.7. The minimum absolute atomic E-state index is 0.0215. The summed E-state index contributed by atoms with van der Waals surface area (Å²) in [5.41, 5.74) is 0. The Labute approximate surface area is 202 Å². The summed E-state index contributed by atoms with van der Waals surface area (Å²) in [5.74, 6) is 1.71. The van der Waals surface area contributed by atoms with Gasteiger partial charge in [-0.05, 0) is 40.5 Å². The Morgan fingerprint density at radius 1 is 0.912 bits per heavy atom. The van der Waals surface area contributed by atoms with Gasteiger partial charge in [0.25, 0.3) is 0 Å². The molecule has 11 nitrogen and oxygen atoms in total. The Bertz CT molecular complexity index is 857. The van der Waals surface area contributed by atoms with Crippen LogP contribution in [0.25, 0.3) is 0 Å². The maximum absolute atomic E-state index is 13.2. The third-order valence-corrected chi connectivity index (χ3v) is 6.66. The largest absolute Gasteiger partial charge is 0.341 e. The van der Waals surface area contributed by atoms with Crippen LogP contribution in [0.1, 0.15) is 47.0 Å². The van der Waals surface area contributed by atoms with Crippen LogP contribution in [0.15, 0.2) is 0 Å². The summed E-state index contributed by atoms with van der Waals surface area (Å²) in [6, 6.07) is 1.45. The zero-order valence-electron chi connectivity index (χ0n) is 20.9. The smallest absolute Gasteiger partial charge is 0.245 e. The lowest BCUT2D eigenvalue weighted by Crippen LogP contribution is -2.54. The van der Waals surface area contributed by atoms with Gasteiger partial charge in [-0.25, -0.2) is 0 Å². The number of likely N-dealkylation sites (tertiary alicyclic amines) is 1. The Morgan fingerprint density at radius 2 is 1.47 bits per heavy atom. The van der Waals surface area contributed by atoms with Crippen molar-refractivity contribution in [2.45, 2.75) is 53.0 Å². The van der Waals surface area contributed by atoms with E-state index < -0.39 is 6.04 Å². The van der Waals surface area contributed by atoms with E-state index in [1.165, 1.54) is 0 Å². The number of anilines is 3. The molecule has 3 rings (SSSR count). The third kappa shape index (κ3) is 5.48. The second kappa shape index (κ2) is 11.8. The van der Waals surface area contributed by atoms with E-state index in [2.05, 4.69) is 42.4 Å². The van der Waals surface area contributed by atoms with Crippen LogP contribution in [0.4, 0.5) is 17.8 Å². The maximum Gasteiger partial charge on any atom is 0.245 e. The number of piperazine rings is 1. The molecule has 0 saturated carbocycles. The van der Waals surface area contributed by atoms with Gasteiger partial charge in [0, 0.05) is 58.9 Å². The van der Waals surface area contributed by atoms with E-state index in [-0.39, 0.29) is 18.2 Å². The molecule has 34 heavy (non-hydrogen) atoms. The van der Waals surface area contributed by atoms with E-state index in [9.17, 15) is 9.59 Å². The molecule has 0 bridgehead atoms. The first-order valence-electron chi connectivity index (χ1n) is 12.4. The van der Waals surface area contributed by atoms with Crippen LogP contribution in [0.2, 0.25) is 0 Å². The minimum Gasteiger partial charge on any atom is -0.341 e. The van der Waals surface area contributed by atoms with Gasteiger partial charge in [0.05, 0.1) is 6.07 Å². The number of nitriles is 1. The molecule has 3 heterocycles. The van der Waals surface area contributed by atoms with Crippen LogP contribution in [-0.4, -0.2) is 102 Å². The Hall–Kier alpha value is -3.16. The van der Waals surface area contributed by atoms with E-state index in [1.807, 2.05) is 11.0 Å². The molecule has 1 aromatic rings. The normalized spacial score (nSPS) is 18.1. The first-order valence-corrected chi connectivity index (χ1v) is 12.4. The van der Waals surface area contributed by atoms with Crippen molar-refractivity contribution in [3.63, 3.8) is 0 Å². The van der Waals surface area contributed by atoms with Crippen molar-refractivity contribution < 1.29 is 9.59 Å². The Balaban J connectivity index is 1.73. The minimum atomic E-state index is -0.451. The van der Waals surface area contributed by atoms with Gasteiger partial charge in [0.1, 0.15) is 12.5 Å². The first kappa shape index (κ1) is 25.5. The predicted molar refractivity (Wildman–Crippen MR) is 131 cm³/mol. The van der Waals surface area contributed by atoms with Crippen LogP contribution >= 0.6 is 0 Å². The number of rotatable bonds is 9. The molecule has 0 N–H and O–H groups in total. The lowest BCUT2D eigenvalue weighted by molar-refractivity contribution is -0.143. The molecule has 2 fully saturated rings. The molecular weight excluding hydrogens is 434 g/mol. The average molecular weight is 472 g/mol. The van der Waals surface area contributed by atoms with Crippen molar-refractivity contribution >= 4 is 29.7 Å². The second-order valence-electron chi connectivity index (χ2n) is 8.47. The number of carbonyl (C=O) groups is 2. The van der Waals surface area contributed by atoms with Gasteiger partial charge in [-0.1, -0.05) is 0 Å². The summed E-state index contributed by atoms with van der Waals surface area (Å²) in [5, 5.41) is 8.86. The topological polar surface area (TPSA) is 113 Å². The van der Waals surface area contributed by atoms with Crippen molar-refractivity contribution in [2.24, 2.45) is 0 Å². The average Bonchev–Trinajstić information content (AvgIpc) is 3.35. The van der Waals surface area contributed by atoms with Crippen LogP contribution in [0.3, 0.4) is 0 Å². The van der Waals surface area contributed by atoms with Gasteiger partial charge in [0.15, 0.2) is 0 Å². The van der Waals surface area contributed by atoms with Gasteiger partial charge in [-0.2, -0.15) is 20.2 Å². The van der Waals surface area contributed by atoms with Gasteiger partial charge < -0.3 is 24.5 Å².